The molecule has 0 aromatic heterocycles. The van der Waals surface area contributed by atoms with Crippen molar-refractivity contribution in [1.82, 2.24) is 0 Å². The molecular formula is C16H10O4. The van der Waals surface area contributed by atoms with Gasteiger partial charge in [-0.1, -0.05) is 30.3 Å². The highest BCUT2D eigenvalue weighted by molar-refractivity contribution is 6.07. The summed E-state index contributed by atoms with van der Waals surface area (Å²) >= 11 is 0. The van der Waals surface area contributed by atoms with E-state index >= 15 is 0 Å². The SMILES string of the molecule is O=C(O)/C=C1\c2ccccc2-c2ccc(C(=O)O)cc21. The van der Waals surface area contributed by atoms with Crippen LogP contribution in [-0.2, 0) is 4.79 Å². The first-order valence-electron chi connectivity index (χ1n) is 6.00. The van der Waals surface area contributed by atoms with Crippen molar-refractivity contribution in [2.45, 2.75) is 0 Å². The normalized spacial score (nSPS) is 13.9. The van der Waals surface area contributed by atoms with E-state index in [1.807, 2.05) is 24.3 Å². The van der Waals surface area contributed by atoms with Crippen LogP contribution >= 0.6 is 0 Å². The van der Waals surface area contributed by atoms with Crippen LogP contribution in [0.15, 0.2) is 48.5 Å². The lowest BCUT2D eigenvalue weighted by Gasteiger charge is -2.03. The molecule has 1 aliphatic rings. The van der Waals surface area contributed by atoms with Gasteiger partial charge in [0.2, 0.25) is 0 Å². The van der Waals surface area contributed by atoms with E-state index in [0.29, 0.717) is 11.1 Å². The monoisotopic (exact) mass is 266 g/mol. The average Bonchev–Trinajstić information content (AvgIpc) is 2.73. The molecule has 2 N–H and O–H groups in total. The van der Waals surface area contributed by atoms with Gasteiger partial charge in [-0.05, 0) is 40.0 Å². The Kier molecular flexibility index (Phi) is 2.64. The Morgan fingerprint density at radius 3 is 2.15 bits per heavy atom. The van der Waals surface area contributed by atoms with Crippen LogP contribution in [0.4, 0.5) is 0 Å². The summed E-state index contributed by atoms with van der Waals surface area (Å²) < 4.78 is 0. The van der Waals surface area contributed by atoms with Crippen LogP contribution in [-0.4, -0.2) is 22.2 Å². The van der Waals surface area contributed by atoms with Crippen LogP contribution in [0.25, 0.3) is 16.7 Å². The predicted octanol–water partition coefficient (Wildman–Crippen LogP) is 2.88. The Morgan fingerprint density at radius 1 is 0.850 bits per heavy atom. The quantitative estimate of drug-likeness (QED) is 0.699. The van der Waals surface area contributed by atoms with Crippen molar-refractivity contribution in [3.63, 3.8) is 0 Å². The molecule has 0 aliphatic heterocycles. The third-order valence-electron chi connectivity index (χ3n) is 3.33. The van der Waals surface area contributed by atoms with E-state index in [9.17, 15) is 9.59 Å². The van der Waals surface area contributed by atoms with E-state index in [4.69, 9.17) is 10.2 Å². The van der Waals surface area contributed by atoms with E-state index in [2.05, 4.69) is 0 Å². The number of aromatic carboxylic acids is 1. The Labute approximate surface area is 114 Å². The van der Waals surface area contributed by atoms with Crippen LogP contribution < -0.4 is 0 Å². The van der Waals surface area contributed by atoms with Crippen LogP contribution in [0.5, 0.6) is 0 Å². The third kappa shape index (κ3) is 1.78. The van der Waals surface area contributed by atoms with E-state index in [1.165, 1.54) is 12.1 Å². The number of carbonyl (C=O) groups is 2. The lowest BCUT2D eigenvalue weighted by molar-refractivity contribution is -0.131. The fourth-order valence-corrected chi connectivity index (χ4v) is 2.51. The fourth-order valence-electron chi connectivity index (χ4n) is 2.51. The van der Waals surface area contributed by atoms with Gasteiger partial charge in [0.25, 0.3) is 0 Å². The lowest BCUT2D eigenvalue weighted by atomic mass is 10.0. The number of hydrogen-bond acceptors (Lipinski definition) is 2. The van der Waals surface area contributed by atoms with Gasteiger partial charge in [0.15, 0.2) is 0 Å². The highest BCUT2D eigenvalue weighted by atomic mass is 16.4. The Morgan fingerprint density at radius 2 is 1.50 bits per heavy atom. The van der Waals surface area contributed by atoms with Gasteiger partial charge in [-0.25, -0.2) is 9.59 Å². The smallest absolute Gasteiger partial charge is 0.335 e. The molecule has 0 atom stereocenters. The highest BCUT2D eigenvalue weighted by Gasteiger charge is 2.24. The first-order valence-corrected chi connectivity index (χ1v) is 6.00. The van der Waals surface area contributed by atoms with Gasteiger partial charge >= 0.3 is 11.9 Å². The first kappa shape index (κ1) is 12.2. The second kappa shape index (κ2) is 4.35. The number of rotatable bonds is 2. The molecular weight excluding hydrogens is 256 g/mol. The maximum absolute atomic E-state index is 11.1. The maximum atomic E-state index is 11.1. The van der Waals surface area contributed by atoms with Crippen molar-refractivity contribution in [2.75, 3.05) is 0 Å². The molecule has 3 rings (SSSR count). The molecule has 0 fully saturated rings. The molecule has 0 heterocycles. The summed E-state index contributed by atoms with van der Waals surface area (Å²) in [4.78, 5) is 22.1. The zero-order valence-electron chi connectivity index (χ0n) is 10.3. The van der Waals surface area contributed by atoms with Gasteiger partial charge in [0, 0.05) is 6.08 Å². The van der Waals surface area contributed by atoms with E-state index in [0.717, 1.165) is 22.8 Å². The summed E-state index contributed by atoms with van der Waals surface area (Å²) in [6, 6.07) is 12.2. The highest BCUT2D eigenvalue weighted by Crippen LogP contribution is 2.44. The second-order valence-electron chi connectivity index (χ2n) is 4.51. The zero-order valence-corrected chi connectivity index (χ0v) is 10.3. The Hall–Kier alpha value is -2.88. The summed E-state index contributed by atoms with van der Waals surface area (Å²) in [7, 11) is 0. The molecule has 0 saturated carbocycles. The second-order valence-corrected chi connectivity index (χ2v) is 4.51. The molecule has 4 heteroatoms. The van der Waals surface area contributed by atoms with Crippen molar-refractivity contribution >= 4 is 17.5 Å². The molecule has 0 spiro atoms. The molecule has 4 nitrogen and oxygen atoms in total. The third-order valence-corrected chi connectivity index (χ3v) is 3.33. The predicted molar refractivity (Wildman–Crippen MR) is 73.6 cm³/mol. The number of aliphatic carboxylic acids is 1. The number of benzene rings is 2. The topological polar surface area (TPSA) is 74.6 Å². The molecule has 0 bridgehead atoms. The number of hydrogen-bond donors (Lipinski definition) is 2. The molecule has 0 amide bonds. The number of carboxylic acid groups (broad SMARTS) is 2. The van der Waals surface area contributed by atoms with Crippen LogP contribution in [0, 0.1) is 0 Å². The summed E-state index contributed by atoms with van der Waals surface area (Å²) in [5, 5.41) is 18.1. The lowest BCUT2D eigenvalue weighted by Crippen LogP contribution is -1.97. The Balaban J connectivity index is 2.31. The minimum absolute atomic E-state index is 0.146. The molecule has 1 aliphatic carbocycles. The van der Waals surface area contributed by atoms with Gasteiger partial charge in [0.1, 0.15) is 0 Å². The molecule has 0 saturated heterocycles. The minimum atomic E-state index is -1.05. The summed E-state index contributed by atoms with van der Waals surface area (Å²) in [5.41, 5.74) is 3.94. The number of carboxylic acids is 2. The average molecular weight is 266 g/mol. The van der Waals surface area contributed by atoms with E-state index in [-0.39, 0.29) is 5.56 Å². The Bertz CT molecular complexity index is 772. The van der Waals surface area contributed by atoms with Gasteiger partial charge in [0.05, 0.1) is 5.56 Å². The molecule has 0 radical (unpaired) electrons. The maximum Gasteiger partial charge on any atom is 0.335 e. The molecule has 2 aromatic rings. The minimum Gasteiger partial charge on any atom is -0.478 e. The van der Waals surface area contributed by atoms with Crippen LogP contribution in [0.3, 0.4) is 0 Å². The summed E-state index contributed by atoms with van der Waals surface area (Å²) in [6.45, 7) is 0. The molecule has 0 unspecified atom stereocenters. The first-order chi connectivity index (χ1) is 9.58. The van der Waals surface area contributed by atoms with Crippen molar-refractivity contribution in [2.24, 2.45) is 0 Å². The van der Waals surface area contributed by atoms with Crippen LogP contribution in [0.2, 0.25) is 0 Å². The van der Waals surface area contributed by atoms with Crippen molar-refractivity contribution in [3.8, 4) is 11.1 Å². The summed E-state index contributed by atoms with van der Waals surface area (Å²) in [6.07, 6.45) is 1.12. The molecule has 20 heavy (non-hydrogen) atoms. The number of fused-ring (bicyclic) bond motifs is 3. The van der Waals surface area contributed by atoms with Crippen molar-refractivity contribution < 1.29 is 19.8 Å². The van der Waals surface area contributed by atoms with Gasteiger partial charge in [-0.3, -0.25) is 0 Å². The van der Waals surface area contributed by atoms with Gasteiger partial charge in [-0.2, -0.15) is 0 Å². The van der Waals surface area contributed by atoms with Crippen molar-refractivity contribution in [3.05, 3.63) is 65.2 Å². The van der Waals surface area contributed by atoms with E-state index in [1.54, 1.807) is 6.07 Å². The standard InChI is InChI=1S/C16H10O4/c17-15(18)8-14-11-4-2-1-3-10(11)12-6-5-9(16(19)20)7-13(12)14/h1-8H,(H,17,18)(H,19,20)/b14-8+. The zero-order chi connectivity index (χ0) is 14.3. The fraction of sp³-hybridized carbons (Fsp3) is 0. The van der Waals surface area contributed by atoms with Crippen LogP contribution in [0.1, 0.15) is 21.5 Å². The van der Waals surface area contributed by atoms with Gasteiger partial charge in [-0.15, -0.1) is 0 Å². The molecule has 98 valence electrons. The van der Waals surface area contributed by atoms with Gasteiger partial charge < -0.3 is 10.2 Å². The summed E-state index contributed by atoms with van der Waals surface area (Å²) in [5.74, 6) is -2.08. The van der Waals surface area contributed by atoms with Crippen molar-refractivity contribution in [1.29, 1.82) is 0 Å². The largest absolute Gasteiger partial charge is 0.478 e. The van der Waals surface area contributed by atoms with E-state index < -0.39 is 11.9 Å². The molecule has 2 aromatic carbocycles.